The highest BCUT2D eigenvalue weighted by atomic mass is 35.5. The lowest BCUT2D eigenvalue weighted by atomic mass is 9.95. The van der Waals surface area contributed by atoms with Crippen LogP contribution in [0, 0.1) is 10.1 Å². The molecular formula is C43H48Cl2N6O6S. The maximum absolute atomic E-state index is 13.8. The Hall–Kier alpha value is -4.66. The Morgan fingerprint density at radius 3 is 2.31 bits per heavy atom. The maximum Gasteiger partial charge on any atom is 0.293 e. The Balaban J connectivity index is 1.08. The number of hydrogen-bond acceptors (Lipinski definition) is 10. The van der Waals surface area contributed by atoms with Crippen LogP contribution in [0.1, 0.15) is 60.9 Å². The molecule has 0 atom stereocenters. The summed E-state index contributed by atoms with van der Waals surface area (Å²) in [5, 5.41) is 16.3. The van der Waals surface area contributed by atoms with Gasteiger partial charge in [-0.15, -0.1) is 0 Å². The molecule has 2 saturated heterocycles. The van der Waals surface area contributed by atoms with Gasteiger partial charge >= 0.3 is 0 Å². The summed E-state index contributed by atoms with van der Waals surface area (Å²) in [6, 6.07) is 23.6. The molecule has 2 heterocycles. The highest BCUT2D eigenvalue weighted by Crippen LogP contribution is 2.36. The molecule has 12 nitrogen and oxygen atoms in total. The Bertz CT molecular complexity index is 2270. The van der Waals surface area contributed by atoms with Crippen molar-refractivity contribution in [1.29, 1.82) is 0 Å². The number of carbonyl (C=O) groups excluding carboxylic acids is 1. The number of carbonyl (C=O) groups is 1. The number of nitro groups is 1. The van der Waals surface area contributed by atoms with Gasteiger partial charge in [-0.1, -0.05) is 59.5 Å². The van der Waals surface area contributed by atoms with Gasteiger partial charge in [-0.25, -0.2) is 13.1 Å². The molecule has 15 heteroatoms. The van der Waals surface area contributed by atoms with Crippen molar-refractivity contribution in [2.75, 3.05) is 63.1 Å². The summed E-state index contributed by atoms with van der Waals surface area (Å²) in [5.74, 6) is -0.553. The summed E-state index contributed by atoms with van der Waals surface area (Å²) in [4.78, 5) is 31.7. The first kappa shape index (κ1) is 41.5. The van der Waals surface area contributed by atoms with Crippen LogP contribution in [0.5, 0.6) is 11.5 Å². The fourth-order valence-corrected chi connectivity index (χ4v) is 9.23. The van der Waals surface area contributed by atoms with Gasteiger partial charge in [0.05, 0.1) is 20.4 Å². The van der Waals surface area contributed by atoms with Gasteiger partial charge in [-0.2, -0.15) is 0 Å². The van der Waals surface area contributed by atoms with Crippen molar-refractivity contribution in [3.05, 3.63) is 122 Å². The minimum absolute atomic E-state index is 0.0123. The first-order valence-electron chi connectivity index (χ1n) is 19.7. The molecule has 58 heavy (non-hydrogen) atoms. The maximum atomic E-state index is 13.8. The average Bonchev–Trinajstić information content (AvgIpc) is 3.45. The SMILES string of the molecule is CN1CCC(Nc2ccc(S(=O)(=O)NC(=O)c3ccc(N4CCN(CC5=C(c6ccc(Cl)cc6)CCCCC5)CC4)cc3Oc3ccccc3Cl)cc2[N+](=O)[O-])CC1. The lowest BCUT2D eigenvalue weighted by molar-refractivity contribution is -0.384. The highest BCUT2D eigenvalue weighted by Gasteiger charge is 2.28. The number of nitrogens with one attached hydrogen (secondary N) is 2. The first-order valence-corrected chi connectivity index (χ1v) is 22.0. The summed E-state index contributed by atoms with van der Waals surface area (Å²) in [6.07, 6.45) is 7.32. The molecule has 4 aromatic rings. The molecule has 1 amide bonds. The average molecular weight is 848 g/mol. The van der Waals surface area contributed by atoms with Crippen LogP contribution in [0.2, 0.25) is 10.0 Å². The minimum Gasteiger partial charge on any atom is -0.455 e. The Morgan fingerprint density at radius 2 is 1.59 bits per heavy atom. The van der Waals surface area contributed by atoms with Gasteiger partial charge in [0.1, 0.15) is 17.2 Å². The molecule has 7 rings (SSSR count). The lowest BCUT2D eigenvalue weighted by Crippen LogP contribution is -2.47. The van der Waals surface area contributed by atoms with Crippen molar-refractivity contribution in [2.24, 2.45) is 0 Å². The van der Waals surface area contributed by atoms with Gasteiger partial charge in [-0.3, -0.25) is 19.8 Å². The number of ether oxygens (including phenoxy) is 1. The van der Waals surface area contributed by atoms with Crippen LogP contribution in [0.25, 0.3) is 5.57 Å². The number of allylic oxidation sites excluding steroid dienone is 1. The number of piperazine rings is 1. The highest BCUT2D eigenvalue weighted by molar-refractivity contribution is 7.90. The molecule has 0 unspecified atom stereocenters. The van der Waals surface area contributed by atoms with Gasteiger partial charge in [0.15, 0.2) is 0 Å². The van der Waals surface area contributed by atoms with Crippen LogP contribution in [-0.4, -0.2) is 88.0 Å². The molecule has 0 saturated carbocycles. The number of halogens is 2. The number of nitro benzene ring substituents is 1. The van der Waals surface area contributed by atoms with Crippen LogP contribution in [0.3, 0.4) is 0 Å². The van der Waals surface area contributed by atoms with Crippen LogP contribution in [-0.2, 0) is 10.0 Å². The van der Waals surface area contributed by atoms with Crippen LogP contribution >= 0.6 is 23.2 Å². The van der Waals surface area contributed by atoms with E-state index in [9.17, 15) is 23.3 Å². The summed E-state index contributed by atoms with van der Waals surface area (Å²) in [6.45, 7) is 5.72. The van der Waals surface area contributed by atoms with Gasteiger partial charge in [0.25, 0.3) is 21.6 Å². The third-order valence-corrected chi connectivity index (χ3v) is 13.1. The second kappa shape index (κ2) is 18.5. The summed E-state index contributed by atoms with van der Waals surface area (Å²) in [7, 11) is -2.52. The third-order valence-electron chi connectivity index (χ3n) is 11.2. The van der Waals surface area contributed by atoms with E-state index in [4.69, 9.17) is 27.9 Å². The summed E-state index contributed by atoms with van der Waals surface area (Å²) >= 11 is 12.7. The zero-order valence-corrected chi connectivity index (χ0v) is 34.8. The van der Waals surface area contributed by atoms with Crippen molar-refractivity contribution in [3.8, 4) is 11.5 Å². The van der Waals surface area contributed by atoms with E-state index >= 15 is 0 Å². The number of likely N-dealkylation sites (tertiary alicyclic amines) is 1. The molecule has 1 aliphatic carbocycles. The molecular weight excluding hydrogens is 799 g/mol. The number of anilines is 2. The normalized spacial score (nSPS) is 17.5. The number of hydrogen-bond donors (Lipinski definition) is 2. The van der Waals surface area contributed by atoms with Gasteiger partial charge < -0.3 is 19.9 Å². The fraction of sp³-hybridized carbons (Fsp3) is 0.372. The summed E-state index contributed by atoms with van der Waals surface area (Å²) < 4.78 is 35.5. The van der Waals surface area contributed by atoms with Crippen LogP contribution in [0.15, 0.2) is 95.4 Å². The minimum atomic E-state index is -4.54. The monoisotopic (exact) mass is 846 g/mol. The predicted molar refractivity (Wildman–Crippen MR) is 230 cm³/mol. The van der Waals surface area contributed by atoms with E-state index in [1.807, 2.05) is 19.2 Å². The molecule has 0 spiro atoms. The van der Waals surface area contributed by atoms with Crippen molar-refractivity contribution >= 4 is 61.8 Å². The Labute approximate surface area is 350 Å². The van der Waals surface area contributed by atoms with E-state index in [0.29, 0.717) is 10.8 Å². The van der Waals surface area contributed by atoms with Gasteiger partial charge in [0.2, 0.25) is 0 Å². The van der Waals surface area contributed by atoms with E-state index in [1.54, 1.807) is 36.4 Å². The van der Waals surface area contributed by atoms with Crippen LogP contribution in [0.4, 0.5) is 17.1 Å². The van der Waals surface area contributed by atoms with Crippen molar-refractivity contribution in [3.63, 3.8) is 0 Å². The lowest BCUT2D eigenvalue weighted by Gasteiger charge is -2.37. The number of rotatable bonds is 12. The Kier molecular flexibility index (Phi) is 13.2. The fourth-order valence-electron chi connectivity index (χ4n) is 7.94. The molecule has 3 aliphatic rings. The van der Waals surface area contributed by atoms with E-state index in [-0.39, 0.29) is 23.0 Å². The zero-order chi connectivity index (χ0) is 40.8. The van der Waals surface area contributed by atoms with E-state index < -0.39 is 31.4 Å². The molecule has 0 aromatic heterocycles. The molecule has 2 aliphatic heterocycles. The number of amides is 1. The van der Waals surface area contributed by atoms with E-state index in [1.165, 1.54) is 54.2 Å². The smallest absolute Gasteiger partial charge is 0.293 e. The first-order chi connectivity index (χ1) is 27.9. The van der Waals surface area contributed by atoms with Crippen molar-refractivity contribution in [1.82, 2.24) is 14.5 Å². The quantitative estimate of drug-likeness (QED) is 0.105. The largest absolute Gasteiger partial charge is 0.455 e. The number of sulfonamides is 1. The molecule has 0 bridgehead atoms. The third kappa shape index (κ3) is 10.1. The zero-order valence-electron chi connectivity index (χ0n) is 32.5. The van der Waals surface area contributed by atoms with Crippen molar-refractivity contribution < 1.29 is 22.9 Å². The molecule has 2 N–H and O–H groups in total. The van der Waals surface area contributed by atoms with Crippen LogP contribution < -0.4 is 19.7 Å². The second-order valence-corrected chi connectivity index (χ2v) is 17.7. The number of benzene rings is 4. The standard InChI is InChI=1S/C43H48Cl2N6O6S/c1-48-21-19-33(20-22-48)46-39-18-16-35(28-40(39)51(53)54)58(55,56)47-43(52)37-17-15-34(27-42(37)57-41-10-6-5-9-38(41)45)50-25-23-49(24-26-50)29-31-7-3-2-4-8-36(31)30-11-13-32(44)14-12-30/h5-6,9-18,27-28,33,46H,2-4,7-8,19-26,29H2,1H3,(H,47,52). The topological polar surface area (TPSA) is 137 Å². The predicted octanol–water partition coefficient (Wildman–Crippen LogP) is 8.86. The number of nitrogens with zero attached hydrogens (tertiary/aromatic N) is 4. The summed E-state index contributed by atoms with van der Waals surface area (Å²) in [5.41, 5.74) is 4.76. The molecule has 306 valence electrons. The molecule has 2 fully saturated rings. The number of para-hydroxylation sites is 1. The Morgan fingerprint density at radius 1 is 0.862 bits per heavy atom. The van der Waals surface area contributed by atoms with E-state index in [0.717, 1.165) is 88.3 Å². The van der Waals surface area contributed by atoms with Crippen molar-refractivity contribution in [2.45, 2.75) is 55.9 Å². The van der Waals surface area contributed by atoms with E-state index in [2.05, 4.69) is 36.9 Å². The number of piperidine rings is 1. The molecule has 0 radical (unpaired) electrons. The molecule has 4 aromatic carbocycles. The van der Waals surface area contributed by atoms with Gasteiger partial charge in [-0.05, 0) is 118 Å². The van der Waals surface area contributed by atoms with Gasteiger partial charge in [0, 0.05) is 61.6 Å². The second-order valence-electron chi connectivity index (χ2n) is 15.2.